The average molecular weight is 282 g/mol. The van der Waals surface area contributed by atoms with Gasteiger partial charge in [0.1, 0.15) is 0 Å². The minimum absolute atomic E-state index is 0.353. The highest BCUT2D eigenvalue weighted by molar-refractivity contribution is 9.11. The molecule has 0 aliphatic heterocycles. The van der Waals surface area contributed by atoms with Crippen LogP contribution in [0.15, 0.2) is 15.9 Å². The van der Waals surface area contributed by atoms with Crippen molar-refractivity contribution >= 4 is 38.9 Å². The van der Waals surface area contributed by atoms with Crippen LogP contribution in [0.4, 0.5) is 0 Å². The van der Waals surface area contributed by atoms with Gasteiger partial charge in [0.2, 0.25) is 0 Å². The van der Waals surface area contributed by atoms with Crippen molar-refractivity contribution in [1.82, 2.24) is 0 Å². The zero-order valence-corrected chi connectivity index (χ0v) is 10.9. The molecule has 0 aromatic carbocycles. The van der Waals surface area contributed by atoms with Gasteiger partial charge >= 0.3 is 0 Å². The summed E-state index contributed by atoms with van der Waals surface area (Å²) in [5.41, 5.74) is 0. The Labute approximate surface area is 97.4 Å². The van der Waals surface area contributed by atoms with E-state index in [1.54, 1.807) is 11.3 Å². The lowest BCUT2D eigenvalue weighted by Crippen LogP contribution is -1.98. The van der Waals surface area contributed by atoms with E-state index in [2.05, 4.69) is 35.0 Å². The van der Waals surface area contributed by atoms with E-state index >= 15 is 0 Å². The Morgan fingerprint density at radius 3 is 2.77 bits per heavy atom. The molecule has 1 aromatic rings. The van der Waals surface area contributed by atoms with E-state index in [0.717, 1.165) is 19.3 Å². The van der Waals surface area contributed by atoms with Gasteiger partial charge in [0.25, 0.3) is 0 Å². The van der Waals surface area contributed by atoms with Crippen LogP contribution in [0.1, 0.15) is 31.1 Å². The molecule has 1 rings (SSSR count). The van der Waals surface area contributed by atoms with Gasteiger partial charge in [0.15, 0.2) is 0 Å². The van der Waals surface area contributed by atoms with Gasteiger partial charge in [-0.2, -0.15) is 0 Å². The zero-order chi connectivity index (χ0) is 9.68. The molecule has 74 valence electrons. The molecule has 0 bridgehead atoms. The molecule has 0 radical (unpaired) electrons. The third-order valence-corrected chi connectivity index (χ3v) is 4.05. The number of halogens is 2. The molecule has 0 spiro atoms. The van der Waals surface area contributed by atoms with Crippen LogP contribution in [0.5, 0.6) is 0 Å². The van der Waals surface area contributed by atoms with Gasteiger partial charge in [0.05, 0.1) is 3.79 Å². The van der Waals surface area contributed by atoms with Crippen LogP contribution in [0.2, 0.25) is 0 Å². The summed E-state index contributed by atoms with van der Waals surface area (Å²) in [7, 11) is 0. The van der Waals surface area contributed by atoms with Gasteiger partial charge in [-0.1, -0.05) is 13.3 Å². The molecule has 1 aromatic heterocycles. The fourth-order valence-electron chi connectivity index (χ4n) is 1.24. The topological polar surface area (TPSA) is 0 Å². The quantitative estimate of drug-likeness (QED) is 0.677. The summed E-state index contributed by atoms with van der Waals surface area (Å²) in [6, 6.07) is 4.27. The van der Waals surface area contributed by atoms with Crippen LogP contribution in [0.3, 0.4) is 0 Å². The Morgan fingerprint density at radius 1 is 1.46 bits per heavy atom. The molecule has 13 heavy (non-hydrogen) atoms. The van der Waals surface area contributed by atoms with Crippen LogP contribution >= 0.6 is 38.9 Å². The molecule has 0 N–H and O–H groups in total. The van der Waals surface area contributed by atoms with E-state index in [0.29, 0.717) is 5.38 Å². The molecule has 1 atom stereocenters. The Hall–Kier alpha value is 0.470. The van der Waals surface area contributed by atoms with Crippen molar-refractivity contribution in [3.8, 4) is 0 Å². The molecule has 3 heteroatoms. The van der Waals surface area contributed by atoms with Gasteiger partial charge in [-0.3, -0.25) is 0 Å². The predicted octanol–water partition coefficient (Wildman–Crippen LogP) is 4.85. The first-order valence-corrected chi connectivity index (χ1v) is 6.65. The molecule has 0 amide bonds. The highest BCUT2D eigenvalue weighted by Crippen LogP contribution is 2.24. The smallest absolute Gasteiger partial charge is 0.0701 e. The van der Waals surface area contributed by atoms with E-state index < -0.39 is 0 Å². The van der Waals surface area contributed by atoms with Crippen LogP contribution < -0.4 is 0 Å². The molecule has 0 fully saturated rings. The first kappa shape index (κ1) is 11.5. The Morgan fingerprint density at radius 2 is 2.23 bits per heavy atom. The van der Waals surface area contributed by atoms with Crippen LogP contribution in [0.25, 0.3) is 0 Å². The first-order chi connectivity index (χ1) is 6.22. The number of rotatable bonds is 5. The van der Waals surface area contributed by atoms with Crippen molar-refractivity contribution in [1.29, 1.82) is 0 Å². The van der Waals surface area contributed by atoms with Crippen molar-refractivity contribution in [2.75, 3.05) is 0 Å². The second kappa shape index (κ2) is 6.05. The lowest BCUT2D eigenvalue weighted by Gasteiger charge is -2.05. The standard InChI is InChI=1S/C10H14BrClS/c1-2-3-8(12)4-5-9-6-7-10(11)13-9/h6-8H,2-5H2,1H3. The maximum atomic E-state index is 6.13. The molecule has 1 unspecified atom stereocenters. The summed E-state index contributed by atoms with van der Waals surface area (Å²) >= 11 is 11.4. The van der Waals surface area contributed by atoms with E-state index in [1.165, 1.54) is 15.1 Å². The zero-order valence-electron chi connectivity index (χ0n) is 7.72. The molecule has 0 aliphatic carbocycles. The van der Waals surface area contributed by atoms with Gasteiger partial charge < -0.3 is 0 Å². The van der Waals surface area contributed by atoms with Gasteiger partial charge in [-0.15, -0.1) is 22.9 Å². The molecular formula is C10H14BrClS. The summed E-state index contributed by atoms with van der Waals surface area (Å²) in [4.78, 5) is 1.42. The van der Waals surface area contributed by atoms with Crippen molar-refractivity contribution < 1.29 is 0 Å². The maximum absolute atomic E-state index is 6.13. The third kappa shape index (κ3) is 4.48. The molecule has 0 saturated heterocycles. The monoisotopic (exact) mass is 280 g/mol. The van der Waals surface area contributed by atoms with Crippen molar-refractivity contribution in [3.05, 3.63) is 20.8 Å². The lowest BCUT2D eigenvalue weighted by atomic mass is 10.1. The minimum Gasteiger partial charge on any atom is -0.133 e. The number of thiophene rings is 1. The summed E-state index contributed by atoms with van der Waals surface area (Å²) in [6.45, 7) is 2.18. The normalized spacial score (nSPS) is 13.2. The van der Waals surface area contributed by atoms with Gasteiger partial charge in [-0.25, -0.2) is 0 Å². The van der Waals surface area contributed by atoms with Gasteiger partial charge in [0, 0.05) is 10.3 Å². The molecule has 0 aliphatic rings. The number of hydrogen-bond acceptors (Lipinski definition) is 1. The average Bonchev–Trinajstić information content (AvgIpc) is 2.49. The highest BCUT2D eigenvalue weighted by Gasteiger charge is 2.04. The lowest BCUT2D eigenvalue weighted by molar-refractivity contribution is 0.679. The second-order valence-corrected chi connectivity index (χ2v) is 6.30. The van der Waals surface area contributed by atoms with Gasteiger partial charge in [-0.05, 0) is 47.3 Å². The summed E-state index contributed by atoms with van der Waals surface area (Å²) in [6.07, 6.45) is 4.53. The largest absolute Gasteiger partial charge is 0.133 e. The maximum Gasteiger partial charge on any atom is 0.0701 e. The van der Waals surface area contributed by atoms with Crippen LogP contribution in [0, 0.1) is 0 Å². The molecule has 0 nitrogen and oxygen atoms in total. The van der Waals surface area contributed by atoms with Crippen molar-refractivity contribution in [2.45, 2.75) is 38.0 Å². The van der Waals surface area contributed by atoms with Crippen LogP contribution in [-0.4, -0.2) is 5.38 Å². The van der Waals surface area contributed by atoms with E-state index in [-0.39, 0.29) is 0 Å². The predicted molar refractivity (Wildman–Crippen MR) is 64.9 cm³/mol. The SMILES string of the molecule is CCCC(Cl)CCc1ccc(Br)s1. The summed E-state index contributed by atoms with van der Waals surface area (Å²) in [5.74, 6) is 0. The summed E-state index contributed by atoms with van der Waals surface area (Å²) < 4.78 is 1.21. The van der Waals surface area contributed by atoms with E-state index in [1.807, 2.05) is 0 Å². The van der Waals surface area contributed by atoms with Crippen molar-refractivity contribution in [2.24, 2.45) is 0 Å². The molecule has 0 saturated carbocycles. The third-order valence-electron chi connectivity index (χ3n) is 1.93. The number of alkyl halides is 1. The fraction of sp³-hybridized carbons (Fsp3) is 0.600. The van der Waals surface area contributed by atoms with E-state index in [4.69, 9.17) is 11.6 Å². The fourth-order valence-corrected chi connectivity index (χ4v) is 3.07. The first-order valence-electron chi connectivity index (χ1n) is 4.60. The Bertz CT molecular complexity index is 247. The molecule has 1 heterocycles. The number of hydrogen-bond donors (Lipinski definition) is 0. The molecular weight excluding hydrogens is 268 g/mol. The van der Waals surface area contributed by atoms with Crippen LogP contribution in [-0.2, 0) is 6.42 Å². The summed E-state index contributed by atoms with van der Waals surface area (Å²) in [5, 5.41) is 0.353. The van der Waals surface area contributed by atoms with E-state index in [9.17, 15) is 0 Å². The Balaban J connectivity index is 2.26. The minimum atomic E-state index is 0.353. The number of aryl methyl sites for hydroxylation is 1. The Kier molecular flexibility index (Phi) is 5.37. The second-order valence-electron chi connectivity index (χ2n) is 3.13. The van der Waals surface area contributed by atoms with Crippen molar-refractivity contribution in [3.63, 3.8) is 0 Å². The highest BCUT2D eigenvalue weighted by atomic mass is 79.9.